The fraction of sp³-hybridized carbons (Fsp3) is 0.208. The van der Waals surface area contributed by atoms with Gasteiger partial charge >= 0.3 is 6.03 Å². The lowest BCUT2D eigenvalue weighted by atomic mass is 9.88. The average Bonchev–Trinajstić information content (AvgIpc) is 2.97. The van der Waals surface area contributed by atoms with Crippen molar-refractivity contribution in [1.82, 2.24) is 10.2 Å². The molecule has 5 nitrogen and oxygen atoms in total. The minimum Gasteiger partial charge on any atom is -0.319 e. The molecule has 0 bridgehead atoms. The Kier molecular flexibility index (Phi) is 4.66. The highest BCUT2D eigenvalue weighted by molar-refractivity contribution is 6.12. The Morgan fingerprint density at radius 2 is 1.66 bits per heavy atom. The number of ketones is 1. The monoisotopic (exact) mass is 386 g/mol. The van der Waals surface area contributed by atoms with Crippen molar-refractivity contribution in [2.45, 2.75) is 25.8 Å². The number of fused-ring (bicyclic) bond motifs is 1. The number of hydrogen-bond donors (Lipinski definition) is 1. The molecule has 0 aromatic heterocycles. The van der Waals surface area contributed by atoms with Gasteiger partial charge in [0, 0.05) is 5.56 Å². The number of amides is 3. The predicted molar refractivity (Wildman–Crippen MR) is 112 cm³/mol. The van der Waals surface area contributed by atoms with Crippen LogP contribution in [0.1, 0.15) is 35.3 Å². The molecule has 0 spiro atoms. The van der Waals surface area contributed by atoms with Crippen LogP contribution in [-0.4, -0.2) is 29.2 Å². The number of imide groups is 1. The summed E-state index contributed by atoms with van der Waals surface area (Å²) in [4.78, 5) is 39.5. The SMILES string of the molecule is CCc1ccc(C(=O)CN2C(=O)N[C@@](C)(c3cccc4ccccc34)C2=O)cc1. The summed E-state index contributed by atoms with van der Waals surface area (Å²) in [7, 11) is 0. The second kappa shape index (κ2) is 7.17. The van der Waals surface area contributed by atoms with Crippen LogP contribution in [0.25, 0.3) is 10.8 Å². The molecule has 0 unspecified atom stereocenters. The molecule has 1 aliphatic rings. The molecule has 146 valence electrons. The first-order chi connectivity index (χ1) is 13.9. The molecule has 1 atom stereocenters. The number of hydrogen-bond acceptors (Lipinski definition) is 3. The molecule has 0 radical (unpaired) electrons. The van der Waals surface area contributed by atoms with Crippen molar-refractivity contribution in [2.75, 3.05) is 6.54 Å². The molecule has 0 saturated carbocycles. The highest BCUT2D eigenvalue weighted by Gasteiger charge is 2.50. The molecule has 1 N–H and O–H groups in total. The zero-order chi connectivity index (χ0) is 20.6. The van der Waals surface area contributed by atoms with Gasteiger partial charge in [0.1, 0.15) is 5.54 Å². The minimum absolute atomic E-state index is 0.265. The van der Waals surface area contributed by atoms with Crippen LogP contribution < -0.4 is 5.32 Å². The van der Waals surface area contributed by atoms with Crippen molar-refractivity contribution in [3.8, 4) is 0 Å². The number of rotatable bonds is 5. The Labute approximate surface area is 169 Å². The number of nitrogens with zero attached hydrogens (tertiary/aromatic N) is 1. The number of carbonyl (C=O) groups is 3. The van der Waals surface area contributed by atoms with E-state index in [1.807, 2.05) is 61.5 Å². The molecular weight excluding hydrogens is 364 g/mol. The van der Waals surface area contributed by atoms with Crippen LogP contribution in [0.5, 0.6) is 0 Å². The Morgan fingerprint density at radius 1 is 0.966 bits per heavy atom. The fourth-order valence-corrected chi connectivity index (χ4v) is 3.85. The van der Waals surface area contributed by atoms with Crippen molar-refractivity contribution < 1.29 is 14.4 Å². The lowest BCUT2D eigenvalue weighted by Crippen LogP contribution is -2.41. The molecule has 3 aromatic carbocycles. The molecule has 5 heteroatoms. The fourth-order valence-electron chi connectivity index (χ4n) is 3.85. The van der Waals surface area contributed by atoms with Crippen LogP contribution in [0.15, 0.2) is 66.7 Å². The van der Waals surface area contributed by atoms with E-state index in [0.717, 1.165) is 33.2 Å². The van der Waals surface area contributed by atoms with Crippen LogP contribution in [0.4, 0.5) is 4.79 Å². The maximum atomic E-state index is 13.2. The third kappa shape index (κ3) is 3.18. The number of urea groups is 1. The number of Topliss-reactive ketones (excluding diaryl/α,β-unsaturated/α-hetero) is 1. The Balaban J connectivity index is 1.63. The highest BCUT2D eigenvalue weighted by atomic mass is 16.2. The summed E-state index contributed by atoms with van der Waals surface area (Å²) in [5, 5.41) is 4.68. The van der Waals surface area contributed by atoms with E-state index < -0.39 is 17.5 Å². The van der Waals surface area contributed by atoms with Gasteiger partial charge < -0.3 is 5.32 Å². The summed E-state index contributed by atoms with van der Waals surface area (Å²) < 4.78 is 0. The van der Waals surface area contributed by atoms with Gasteiger partial charge in [-0.1, -0.05) is 73.7 Å². The smallest absolute Gasteiger partial charge is 0.319 e. The van der Waals surface area contributed by atoms with Crippen molar-refractivity contribution >= 4 is 28.5 Å². The quantitative estimate of drug-likeness (QED) is 0.531. The van der Waals surface area contributed by atoms with Gasteiger partial charge in [0.2, 0.25) is 0 Å². The van der Waals surface area contributed by atoms with Gasteiger partial charge in [0.15, 0.2) is 5.78 Å². The summed E-state index contributed by atoms with van der Waals surface area (Å²) in [6, 6.07) is 20.1. The number of benzene rings is 3. The van der Waals surface area contributed by atoms with E-state index >= 15 is 0 Å². The van der Waals surface area contributed by atoms with Gasteiger partial charge in [-0.3, -0.25) is 14.5 Å². The van der Waals surface area contributed by atoms with Crippen LogP contribution >= 0.6 is 0 Å². The van der Waals surface area contributed by atoms with Crippen LogP contribution in [-0.2, 0) is 16.8 Å². The minimum atomic E-state index is -1.22. The van der Waals surface area contributed by atoms with Crippen molar-refractivity contribution in [2.24, 2.45) is 0 Å². The first kappa shape index (κ1) is 18.9. The van der Waals surface area contributed by atoms with Gasteiger partial charge in [0.05, 0.1) is 6.54 Å². The second-order valence-electron chi connectivity index (χ2n) is 7.45. The van der Waals surface area contributed by atoms with Gasteiger partial charge in [-0.15, -0.1) is 0 Å². The topological polar surface area (TPSA) is 66.5 Å². The van der Waals surface area contributed by atoms with Crippen molar-refractivity contribution in [3.63, 3.8) is 0 Å². The third-order valence-corrected chi connectivity index (χ3v) is 5.59. The van der Waals surface area contributed by atoms with Gasteiger partial charge in [0.25, 0.3) is 5.91 Å². The van der Waals surface area contributed by atoms with Crippen LogP contribution in [0, 0.1) is 0 Å². The lowest BCUT2D eigenvalue weighted by Gasteiger charge is -2.24. The summed E-state index contributed by atoms with van der Waals surface area (Å²) in [5.74, 6) is -0.685. The Hall–Kier alpha value is -3.47. The van der Waals surface area contributed by atoms with Gasteiger partial charge in [-0.25, -0.2) is 4.79 Å². The molecule has 29 heavy (non-hydrogen) atoms. The van der Waals surface area contributed by atoms with E-state index in [0.29, 0.717) is 5.56 Å². The van der Waals surface area contributed by atoms with Gasteiger partial charge in [-0.2, -0.15) is 0 Å². The van der Waals surface area contributed by atoms with E-state index in [1.54, 1.807) is 19.1 Å². The summed E-state index contributed by atoms with van der Waals surface area (Å²) in [6.45, 7) is 3.45. The molecule has 1 saturated heterocycles. The third-order valence-electron chi connectivity index (χ3n) is 5.59. The van der Waals surface area contributed by atoms with Crippen molar-refractivity contribution in [3.05, 3.63) is 83.4 Å². The molecule has 0 aliphatic carbocycles. The zero-order valence-electron chi connectivity index (χ0n) is 16.4. The first-order valence-electron chi connectivity index (χ1n) is 9.68. The average molecular weight is 386 g/mol. The summed E-state index contributed by atoms with van der Waals surface area (Å²) in [5.41, 5.74) is 1.11. The van der Waals surface area contributed by atoms with E-state index in [-0.39, 0.29) is 12.3 Å². The Morgan fingerprint density at radius 3 is 2.38 bits per heavy atom. The summed E-state index contributed by atoms with van der Waals surface area (Å²) >= 11 is 0. The Bertz CT molecular complexity index is 1120. The molecule has 3 amide bonds. The summed E-state index contributed by atoms with van der Waals surface area (Å²) in [6.07, 6.45) is 0.880. The number of aryl methyl sites for hydroxylation is 1. The predicted octanol–water partition coefficient (Wildman–Crippen LogP) is 4.05. The maximum Gasteiger partial charge on any atom is 0.325 e. The second-order valence-corrected chi connectivity index (χ2v) is 7.45. The van der Waals surface area contributed by atoms with Crippen molar-refractivity contribution in [1.29, 1.82) is 0 Å². The molecular formula is C24H22N2O3. The van der Waals surface area contributed by atoms with Crippen LogP contribution in [0.3, 0.4) is 0 Å². The highest BCUT2D eigenvalue weighted by Crippen LogP contribution is 2.33. The standard InChI is InChI=1S/C24H22N2O3/c1-3-16-11-13-18(14-12-16)21(27)15-26-22(28)24(2,25-23(26)29)20-10-6-8-17-7-4-5-9-19(17)20/h4-14H,3,15H2,1-2H3,(H,25,29)/t24-/m0/s1. The van der Waals surface area contributed by atoms with E-state index in [1.165, 1.54) is 0 Å². The van der Waals surface area contributed by atoms with E-state index in [9.17, 15) is 14.4 Å². The molecule has 4 rings (SSSR count). The van der Waals surface area contributed by atoms with E-state index in [2.05, 4.69) is 5.32 Å². The normalized spacial score (nSPS) is 18.9. The molecule has 1 heterocycles. The largest absolute Gasteiger partial charge is 0.325 e. The lowest BCUT2D eigenvalue weighted by molar-refractivity contribution is -0.130. The number of carbonyl (C=O) groups excluding carboxylic acids is 3. The van der Waals surface area contributed by atoms with Crippen LogP contribution in [0.2, 0.25) is 0 Å². The van der Waals surface area contributed by atoms with E-state index in [4.69, 9.17) is 0 Å². The number of nitrogens with one attached hydrogen (secondary N) is 1. The molecule has 3 aromatic rings. The first-order valence-corrected chi connectivity index (χ1v) is 9.68. The zero-order valence-corrected chi connectivity index (χ0v) is 16.4. The molecule has 1 aliphatic heterocycles. The maximum absolute atomic E-state index is 13.2. The molecule has 1 fully saturated rings. The van der Waals surface area contributed by atoms with Gasteiger partial charge in [-0.05, 0) is 35.2 Å².